The van der Waals surface area contributed by atoms with Crippen LogP contribution in [0.3, 0.4) is 0 Å². The molecule has 7 heteroatoms. The van der Waals surface area contributed by atoms with E-state index < -0.39 is 0 Å². The normalized spacial score (nSPS) is 15.4. The Bertz CT molecular complexity index is 632. The quantitative estimate of drug-likeness (QED) is 0.558. The Morgan fingerprint density at radius 3 is 2.30 bits per heavy atom. The lowest BCUT2D eigenvalue weighted by molar-refractivity contribution is 0.0394. The summed E-state index contributed by atoms with van der Waals surface area (Å²) >= 11 is 12.0. The molecule has 0 N–H and O–H groups in total. The first kappa shape index (κ1) is 14.6. The van der Waals surface area contributed by atoms with Gasteiger partial charge in [0.1, 0.15) is 9.24 Å². The highest BCUT2D eigenvalue weighted by Crippen LogP contribution is 2.43. The van der Waals surface area contributed by atoms with E-state index in [1.807, 2.05) is 18.2 Å². The summed E-state index contributed by atoms with van der Waals surface area (Å²) < 4.78 is 9.09. The standard InChI is InChI=1S/C13H10O2S5/c14-10(8-4-2-1-3-5-8)15-9-6-17-11-12(18-7-9)20-13(16)19-11/h1-5,9H,6-7H2. The largest absolute Gasteiger partial charge is 0.457 e. The number of esters is 1. The van der Waals surface area contributed by atoms with E-state index in [0.717, 1.165) is 14.6 Å². The molecule has 3 rings (SSSR count). The van der Waals surface area contributed by atoms with E-state index >= 15 is 0 Å². The lowest BCUT2D eigenvalue weighted by Gasteiger charge is -2.14. The molecule has 0 atom stereocenters. The van der Waals surface area contributed by atoms with Crippen molar-refractivity contribution in [3.05, 3.63) is 39.0 Å². The van der Waals surface area contributed by atoms with Crippen molar-refractivity contribution >= 4 is 64.4 Å². The fraction of sp³-hybridized carbons (Fsp3) is 0.231. The first-order valence-electron chi connectivity index (χ1n) is 5.88. The van der Waals surface area contributed by atoms with Crippen LogP contribution in [0.25, 0.3) is 0 Å². The summed E-state index contributed by atoms with van der Waals surface area (Å²) in [5, 5.41) is 0. The van der Waals surface area contributed by atoms with Crippen molar-refractivity contribution in [1.29, 1.82) is 0 Å². The van der Waals surface area contributed by atoms with Crippen LogP contribution in [-0.4, -0.2) is 23.6 Å². The third-order valence-electron chi connectivity index (χ3n) is 2.60. The van der Waals surface area contributed by atoms with Crippen LogP contribution >= 0.6 is 58.4 Å². The first-order chi connectivity index (χ1) is 9.72. The van der Waals surface area contributed by atoms with Crippen LogP contribution in [0.4, 0.5) is 0 Å². The van der Waals surface area contributed by atoms with Crippen molar-refractivity contribution in [3.63, 3.8) is 0 Å². The molecular weight excluding hydrogens is 348 g/mol. The molecule has 1 aromatic heterocycles. The zero-order valence-electron chi connectivity index (χ0n) is 10.2. The zero-order valence-corrected chi connectivity index (χ0v) is 14.3. The van der Waals surface area contributed by atoms with E-state index in [9.17, 15) is 4.79 Å². The van der Waals surface area contributed by atoms with Gasteiger partial charge in [0.15, 0.2) is 0 Å². The van der Waals surface area contributed by atoms with Gasteiger partial charge >= 0.3 is 5.97 Å². The van der Waals surface area contributed by atoms with Crippen LogP contribution in [0.1, 0.15) is 10.4 Å². The van der Waals surface area contributed by atoms with E-state index in [1.54, 1.807) is 58.3 Å². The van der Waals surface area contributed by atoms with Crippen LogP contribution < -0.4 is 0 Å². The average molecular weight is 359 g/mol. The van der Waals surface area contributed by atoms with E-state index in [-0.39, 0.29) is 12.1 Å². The molecule has 0 saturated heterocycles. The predicted octanol–water partition coefficient (Wildman–Crippen LogP) is 4.96. The molecule has 0 saturated carbocycles. The monoisotopic (exact) mass is 358 g/mol. The molecule has 1 aliphatic heterocycles. The summed E-state index contributed by atoms with van der Waals surface area (Å²) in [7, 11) is 0. The number of hydrogen-bond donors (Lipinski definition) is 0. The van der Waals surface area contributed by atoms with Crippen LogP contribution in [-0.2, 0) is 4.74 Å². The second-order valence-corrected chi connectivity index (χ2v) is 9.85. The van der Waals surface area contributed by atoms with Gasteiger partial charge in [0, 0.05) is 11.5 Å². The summed E-state index contributed by atoms with van der Waals surface area (Å²) in [6.07, 6.45) is -0.0573. The topological polar surface area (TPSA) is 26.3 Å². The first-order valence-corrected chi connectivity index (χ1v) is 9.89. The van der Waals surface area contributed by atoms with Gasteiger partial charge in [-0.15, -0.1) is 46.2 Å². The molecule has 1 aromatic carbocycles. The van der Waals surface area contributed by atoms with Crippen molar-refractivity contribution in [2.75, 3.05) is 11.5 Å². The predicted molar refractivity (Wildman–Crippen MR) is 90.1 cm³/mol. The maximum absolute atomic E-state index is 12.0. The molecule has 2 heterocycles. The van der Waals surface area contributed by atoms with Gasteiger partial charge in [-0.25, -0.2) is 4.79 Å². The fourth-order valence-electron chi connectivity index (χ4n) is 1.68. The minimum absolute atomic E-state index is 0.0573. The van der Waals surface area contributed by atoms with Crippen molar-refractivity contribution < 1.29 is 9.53 Å². The summed E-state index contributed by atoms with van der Waals surface area (Å²) in [5.74, 6) is 1.34. The van der Waals surface area contributed by atoms with Gasteiger partial charge in [0.25, 0.3) is 0 Å². The summed E-state index contributed by atoms with van der Waals surface area (Å²) in [6, 6.07) is 9.14. The van der Waals surface area contributed by atoms with Crippen LogP contribution in [0.2, 0.25) is 0 Å². The van der Waals surface area contributed by atoms with Crippen molar-refractivity contribution in [2.45, 2.75) is 14.5 Å². The van der Waals surface area contributed by atoms with Gasteiger partial charge in [0.2, 0.25) is 0 Å². The smallest absolute Gasteiger partial charge is 0.338 e. The number of carbonyl (C=O) groups is 1. The van der Waals surface area contributed by atoms with Gasteiger partial charge in [-0.1, -0.05) is 30.4 Å². The van der Waals surface area contributed by atoms with Gasteiger partial charge in [-0.3, -0.25) is 0 Å². The van der Waals surface area contributed by atoms with Crippen LogP contribution in [0, 0.1) is 3.14 Å². The summed E-state index contributed by atoms with van der Waals surface area (Å²) in [6.45, 7) is 0. The molecule has 0 unspecified atom stereocenters. The van der Waals surface area contributed by atoms with E-state index in [2.05, 4.69) is 0 Å². The molecule has 1 aliphatic rings. The molecule has 0 spiro atoms. The summed E-state index contributed by atoms with van der Waals surface area (Å²) in [5.41, 5.74) is 0.608. The molecular formula is C13H10O2S5. The number of benzene rings is 1. The van der Waals surface area contributed by atoms with Gasteiger partial charge in [-0.05, 0) is 12.1 Å². The maximum Gasteiger partial charge on any atom is 0.338 e. The molecule has 20 heavy (non-hydrogen) atoms. The van der Waals surface area contributed by atoms with E-state index in [1.165, 1.54) is 8.42 Å². The third-order valence-corrected chi connectivity index (χ3v) is 8.45. The van der Waals surface area contributed by atoms with Crippen molar-refractivity contribution in [3.8, 4) is 0 Å². The van der Waals surface area contributed by atoms with Gasteiger partial charge in [0.05, 0.1) is 14.0 Å². The Kier molecular flexibility index (Phi) is 4.83. The number of fused-ring (bicyclic) bond motifs is 1. The minimum atomic E-state index is -0.241. The SMILES string of the molecule is O=C(OC1CSc2sc(=S)sc2SC1)c1ccccc1. The lowest BCUT2D eigenvalue weighted by atomic mass is 10.2. The zero-order chi connectivity index (χ0) is 13.9. The molecule has 104 valence electrons. The van der Waals surface area contributed by atoms with Gasteiger partial charge in [-0.2, -0.15) is 0 Å². The van der Waals surface area contributed by atoms with E-state index in [0.29, 0.717) is 5.56 Å². The fourth-order valence-corrected chi connectivity index (χ4v) is 7.97. The number of ether oxygens (including phenoxy) is 1. The average Bonchev–Trinajstić information content (AvgIpc) is 2.73. The lowest BCUT2D eigenvalue weighted by Crippen LogP contribution is -2.22. The second kappa shape index (κ2) is 6.62. The number of rotatable bonds is 2. The second-order valence-electron chi connectivity index (χ2n) is 4.04. The Balaban J connectivity index is 1.64. The minimum Gasteiger partial charge on any atom is -0.457 e. The van der Waals surface area contributed by atoms with Crippen molar-refractivity contribution in [2.24, 2.45) is 0 Å². The molecule has 0 bridgehead atoms. The van der Waals surface area contributed by atoms with Crippen LogP contribution in [0.15, 0.2) is 38.8 Å². The molecule has 2 nitrogen and oxygen atoms in total. The Morgan fingerprint density at radius 2 is 1.70 bits per heavy atom. The van der Waals surface area contributed by atoms with Crippen molar-refractivity contribution in [1.82, 2.24) is 0 Å². The number of hydrogen-bond acceptors (Lipinski definition) is 7. The molecule has 0 amide bonds. The van der Waals surface area contributed by atoms with E-state index in [4.69, 9.17) is 17.0 Å². The third kappa shape index (κ3) is 3.46. The Morgan fingerprint density at radius 1 is 1.10 bits per heavy atom. The molecule has 0 fully saturated rings. The highest BCUT2D eigenvalue weighted by molar-refractivity contribution is 8.06. The molecule has 2 aromatic rings. The summed E-state index contributed by atoms with van der Waals surface area (Å²) in [4.78, 5) is 12.0. The number of thioether (sulfide) groups is 2. The highest BCUT2D eigenvalue weighted by atomic mass is 32.2. The Labute approximate surface area is 138 Å². The molecule has 0 aliphatic carbocycles. The Hall–Kier alpha value is -0.340. The number of carbonyl (C=O) groups excluding carboxylic acids is 1. The maximum atomic E-state index is 12.0. The highest BCUT2D eigenvalue weighted by Gasteiger charge is 2.22. The van der Waals surface area contributed by atoms with Crippen LogP contribution in [0.5, 0.6) is 0 Å². The van der Waals surface area contributed by atoms with Gasteiger partial charge < -0.3 is 4.74 Å². The molecule has 0 radical (unpaired) electrons.